The molecule has 0 aliphatic carbocycles. The highest BCUT2D eigenvalue weighted by Crippen LogP contribution is 1.95. The molecule has 0 aromatic carbocycles. The quantitative estimate of drug-likeness (QED) is 0.484. The van der Waals surface area contributed by atoms with E-state index >= 15 is 0 Å². The first-order chi connectivity index (χ1) is 8.11. The summed E-state index contributed by atoms with van der Waals surface area (Å²) in [6, 6.07) is -0.221. The second-order valence-corrected chi connectivity index (χ2v) is 4.16. The average molecular weight is 246 g/mol. The van der Waals surface area contributed by atoms with Crippen LogP contribution in [0.4, 0.5) is 0 Å². The lowest BCUT2D eigenvalue weighted by Gasteiger charge is -2.15. The molecule has 3 N–H and O–H groups in total. The molecule has 0 heterocycles. The summed E-state index contributed by atoms with van der Waals surface area (Å²) in [5, 5.41) is 15.3. The third kappa shape index (κ3) is 9.09. The molecule has 5 nitrogen and oxygen atoms in total. The van der Waals surface area contributed by atoms with E-state index in [1.807, 2.05) is 13.8 Å². The van der Waals surface area contributed by atoms with Gasteiger partial charge in [0.05, 0.1) is 12.1 Å². The van der Waals surface area contributed by atoms with E-state index in [-0.39, 0.29) is 18.1 Å². The molecule has 17 heavy (non-hydrogen) atoms. The van der Waals surface area contributed by atoms with Gasteiger partial charge in [0.2, 0.25) is 5.91 Å². The Hall–Kier alpha value is -0.650. The van der Waals surface area contributed by atoms with Crippen molar-refractivity contribution in [1.29, 1.82) is 0 Å². The van der Waals surface area contributed by atoms with Crippen LogP contribution in [0.15, 0.2) is 0 Å². The summed E-state index contributed by atoms with van der Waals surface area (Å²) in [6.07, 6.45) is 1.97. The number of aliphatic hydroxyl groups excluding tert-OH is 1. The van der Waals surface area contributed by atoms with Crippen LogP contribution in [0.1, 0.15) is 33.1 Å². The maximum atomic E-state index is 11.6. The monoisotopic (exact) mass is 246 g/mol. The Bertz CT molecular complexity index is 200. The van der Waals surface area contributed by atoms with Crippen LogP contribution in [0.5, 0.6) is 0 Å². The molecule has 0 bridgehead atoms. The van der Waals surface area contributed by atoms with E-state index in [9.17, 15) is 9.90 Å². The van der Waals surface area contributed by atoms with E-state index < -0.39 is 0 Å². The Balaban J connectivity index is 3.53. The lowest BCUT2D eigenvalue weighted by Crippen LogP contribution is -2.43. The number of methoxy groups -OCH3 is 1. The van der Waals surface area contributed by atoms with Crippen LogP contribution >= 0.6 is 0 Å². The van der Waals surface area contributed by atoms with Crippen molar-refractivity contribution < 1.29 is 14.6 Å². The number of nitrogens with one attached hydrogen (secondary N) is 2. The first kappa shape index (κ1) is 16.4. The van der Waals surface area contributed by atoms with Crippen LogP contribution in [0, 0.1) is 0 Å². The summed E-state index contributed by atoms with van der Waals surface area (Å²) >= 11 is 0. The van der Waals surface area contributed by atoms with Crippen molar-refractivity contribution in [2.45, 2.75) is 45.3 Å². The fraction of sp³-hybridized carbons (Fsp3) is 0.917. The van der Waals surface area contributed by atoms with Gasteiger partial charge in [-0.25, -0.2) is 0 Å². The fourth-order valence-corrected chi connectivity index (χ4v) is 1.34. The van der Waals surface area contributed by atoms with Gasteiger partial charge < -0.3 is 20.5 Å². The van der Waals surface area contributed by atoms with Gasteiger partial charge in [0.25, 0.3) is 0 Å². The first-order valence-corrected chi connectivity index (χ1v) is 6.29. The highest BCUT2D eigenvalue weighted by molar-refractivity contribution is 5.81. The molecule has 2 atom stereocenters. The minimum absolute atomic E-state index is 0.00732. The van der Waals surface area contributed by atoms with Gasteiger partial charge in [-0.15, -0.1) is 0 Å². The lowest BCUT2D eigenvalue weighted by molar-refractivity contribution is -0.122. The maximum absolute atomic E-state index is 11.6. The van der Waals surface area contributed by atoms with E-state index in [1.165, 1.54) is 0 Å². The molecule has 2 unspecified atom stereocenters. The molecule has 0 fully saturated rings. The van der Waals surface area contributed by atoms with E-state index in [0.29, 0.717) is 26.1 Å². The van der Waals surface area contributed by atoms with Crippen molar-refractivity contribution >= 4 is 5.91 Å². The molecular formula is C12H26N2O3. The van der Waals surface area contributed by atoms with Crippen LogP contribution in [0.3, 0.4) is 0 Å². The largest absolute Gasteiger partial charge is 0.393 e. The van der Waals surface area contributed by atoms with Crippen LogP contribution in [0.2, 0.25) is 0 Å². The van der Waals surface area contributed by atoms with Crippen LogP contribution in [-0.4, -0.2) is 50.0 Å². The highest BCUT2D eigenvalue weighted by atomic mass is 16.5. The molecule has 0 spiro atoms. The predicted octanol–water partition coefficient (Wildman–Crippen LogP) is 0.278. The topological polar surface area (TPSA) is 70.6 Å². The summed E-state index contributed by atoms with van der Waals surface area (Å²) in [4.78, 5) is 11.6. The summed E-state index contributed by atoms with van der Waals surface area (Å²) < 4.78 is 4.89. The van der Waals surface area contributed by atoms with E-state index in [0.717, 1.165) is 12.8 Å². The molecule has 0 aliphatic rings. The Morgan fingerprint density at radius 3 is 2.71 bits per heavy atom. The SMILES string of the molecule is CCC(O)CCNC(C)C(=O)NCCCOC. The van der Waals surface area contributed by atoms with E-state index in [1.54, 1.807) is 7.11 Å². The standard InChI is InChI=1S/C12H26N2O3/c1-4-11(15)6-8-13-10(2)12(16)14-7-5-9-17-3/h10-11,13,15H,4-9H2,1-3H3,(H,14,16). The van der Waals surface area contributed by atoms with Gasteiger partial charge in [-0.05, 0) is 32.7 Å². The molecule has 0 aromatic heterocycles. The minimum Gasteiger partial charge on any atom is -0.393 e. The molecule has 102 valence electrons. The van der Waals surface area contributed by atoms with Gasteiger partial charge in [-0.3, -0.25) is 4.79 Å². The highest BCUT2D eigenvalue weighted by Gasteiger charge is 2.11. The first-order valence-electron chi connectivity index (χ1n) is 6.29. The lowest BCUT2D eigenvalue weighted by atomic mass is 10.2. The number of hydrogen-bond acceptors (Lipinski definition) is 4. The molecule has 0 rings (SSSR count). The number of carbonyl (C=O) groups is 1. The number of aliphatic hydroxyl groups is 1. The summed E-state index contributed by atoms with van der Waals surface area (Å²) in [5.41, 5.74) is 0. The number of carbonyl (C=O) groups excluding carboxylic acids is 1. The molecule has 0 saturated carbocycles. The molecule has 1 amide bonds. The third-order valence-electron chi connectivity index (χ3n) is 2.62. The molecule has 0 aromatic rings. The minimum atomic E-state index is -0.278. The smallest absolute Gasteiger partial charge is 0.236 e. The Morgan fingerprint density at radius 2 is 2.12 bits per heavy atom. The van der Waals surface area contributed by atoms with Crippen LogP contribution in [-0.2, 0) is 9.53 Å². The zero-order valence-corrected chi connectivity index (χ0v) is 11.2. The number of ether oxygens (including phenoxy) is 1. The molecular weight excluding hydrogens is 220 g/mol. The second-order valence-electron chi connectivity index (χ2n) is 4.16. The van der Waals surface area contributed by atoms with Gasteiger partial charge in [0.15, 0.2) is 0 Å². The van der Waals surface area contributed by atoms with Gasteiger partial charge in [-0.2, -0.15) is 0 Å². The number of amides is 1. The summed E-state index contributed by atoms with van der Waals surface area (Å²) in [7, 11) is 1.64. The molecule has 5 heteroatoms. The summed E-state index contributed by atoms with van der Waals surface area (Å²) in [5.74, 6) is -0.00732. The number of rotatable bonds is 10. The van der Waals surface area contributed by atoms with Crippen molar-refractivity contribution in [3.05, 3.63) is 0 Å². The van der Waals surface area contributed by atoms with E-state index in [4.69, 9.17) is 4.74 Å². The normalized spacial score (nSPS) is 14.4. The van der Waals surface area contributed by atoms with Gasteiger partial charge in [-0.1, -0.05) is 6.92 Å². The van der Waals surface area contributed by atoms with Gasteiger partial charge >= 0.3 is 0 Å². The summed E-state index contributed by atoms with van der Waals surface area (Å²) in [6.45, 7) is 5.71. The van der Waals surface area contributed by atoms with Crippen molar-refractivity contribution in [2.24, 2.45) is 0 Å². The zero-order valence-electron chi connectivity index (χ0n) is 11.2. The van der Waals surface area contributed by atoms with Gasteiger partial charge in [0, 0.05) is 20.3 Å². The maximum Gasteiger partial charge on any atom is 0.236 e. The molecule has 0 aliphatic heterocycles. The van der Waals surface area contributed by atoms with E-state index in [2.05, 4.69) is 10.6 Å². The molecule has 0 saturated heterocycles. The van der Waals surface area contributed by atoms with Crippen LogP contribution in [0.25, 0.3) is 0 Å². The average Bonchev–Trinajstić information content (AvgIpc) is 2.33. The Morgan fingerprint density at radius 1 is 1.41 bits per heavy atom. The fourth-order valence-electron chi connectivity index (χ4n) is 1.34. The number of hydrogen-bond donors (Lipinski definition) is 3. The zero-order chi connectivity index (χ0) is 13.1. The van der Waals surface area contributed by atoms with Crippen molar-refractivity contribution in [3.8, 4) is 0 Å². The molecule has 0 radical (unpaired) electrons. The van der Waals surface area contributed by atoms with Crippen molar-refractivity contribution in [2.75, 3.05) is 26.8 Å². The van der Waals surface area contributed by atoms with Crippen molar-refractivity contribution in [1.82, 2.24) is 10.6 Å². The van der Waals surface area contributed by atoms with Crippen LogP contribution < -0.4 is 10.6 Å². The van der Waals surface area contributed by atoms with Gasteiger partial charge in [0.1, 0.15) is 0 Å². The third-order valence-corrected chi connectivity index (χ3v) is 2.62. The second kappa shape index (κ2) is 10.5. The Kier molecular flexibility index (Phi) is 10.1. The predicted molar refractivity (Wildman–Crippen MR) is 67.9 cm³/mol. The van der Waals surface area contributed by atoms with Crippen molar-refractivity contribution in [3.63, 3.8) is 0 Å². The Labute approximate surface area is 104 Å².